The summed E-state index contributed by atoms with van der Waals surface area (Å²) in [4.78, 5) is 10.9. The summed E-state index contributed by atoms with van der Waals surface area (Å²) in [6.07, 6.45) is 2.70. The molecule has 0 heterocycles. The van der Waals surface area contributed by atoms with E-state index in [2.05, 4.69) is 0 Å². The normalized spacial score (nSPS) is 10.5. The lowest BCUT2D eigenvalue weighted by atomic mass is 10.3. The van der Waals surface area contributed by atoms with Crippen molar-refractivity contribution in [1.29, 1.82) is 5.26 Å². The van der Waals surface area contributed by atoms with Crippen LogP contribution in [0.5, 0.6) is 0 Å². The summed E-state index contributed by atoms with van der Waals surface area (Å²) < 4.78 is 4.72. The summed E-state index contributed by atoms with van der Waals surface area (Å²) in [5, 5.41) is 8.35. The molecule has 0 aliphatic heterocycles. The summed E-state index contributed by atoms with van der Waals surface area (Å²) >= 11 is 0. The first-order chi connectivity index (χ1) is 5.76. The molecule has 0 saturated heterocycles. The second-order valence-electron chi connectivity index (χ2n) is 2.18. The second kappa shape index (κ2) is 6.23. The quantitative estimate of drug-likeness (QED) is 0.290. The van der Waals surface area contributed by atoms with Gasteiger partial charge in [-0.05, 0) is 6.42 Å². The molecule has 0 spiro atoms. The van der Waals surface area contributed by atoms with Gasteiger partial charge in [0.1, 0.15) is 6.07 Å². The monoisotopic (exact) mass is 168 g/mol. The highest BCUT2D eigenvalue weighted by atomic mass is 16.5. The second-order valence-corrected chi connectivity index (χ2v) is 2.18. The smallest absolute Gasteiger partial charge is 0.350 e. The zero-order valence-electron chi connectivity index (χ0n) is 7.04. The minimum Gasteiger partial charge on any atom is -0.462 e. The number of nitrogens with two attached hydrogens (primary N) is 1. The Balaban J connectivity index is 3.81. The number of unbranched alkanes of at least 4 members (excludes halogenated alkanes) is 1. The van der Waals surface area contributed by atoms with Gasteiger partial charge in [0.2, 0.25) is 0 Å². The molecular formula is C8H12N2O2. The molecule has 4 nitrogen and oxygen atoms in total. The molecule has 0 aromatic heterocycles. The van der Waals surface area contributed by atoms with Gasteiger partial charge in [-0.3, -0.25) is 0 Å². The van der Waals surface area contributed by atoms with Crippen molar-refractivity contribution in [3.05, 3.63) is 11.8 Å². The molecule has 4 heteroatoms. The van der Waals surface area contributed by atoms with Crippen molar-refractivity contribution >= 4 is 5.97 Å². The predicted octanol–water partition coefficient (Wildman–Crippen LogP) is 0.696. The number of nitriles is 1. The van der Waals surface area contributed by atoms with Gasteiger partial charge in [-0.1, -0.05) is 13.3 Å². The van der Waals surface area contributed by atoms with E-state index in [1.165, 1.54) is 0 Å². The summed E-state index contributed by atoms with van der Waals surface area (Å²) in [5.41, 5.74) is 4.86. The highest BCUT2D eigenvalue weighted by molar-refractivity contribution is 5.92. The van der Waals surface area contributed by atoms with Gasteiger partial charge < -0.3 is 10.5 Å². The van der Waals surface area contributed by atoms with E-state index in [-0.39, 0.29) is 5.57 Å². The fourth-order valence-corrected chi connectivity index (χ4v) is 0.538. The zero-order valence-corrected chi connectivity index (χ0v) is 7.04. The number of nitrogens with zero attached hydrogens (tertiary/aromatic N) is 1. The van der Waals surface area contributed by atoms with E-state index in [1.807, 2.05) is 6.92 Å². The summed E-state index contributed by atoms with van der Waals surface area (Å²) in [6, 6.07) is 1.64. The van der Waals surface area contributed by atoms with Crippen molar-refractivity contribution in [3.63, 3.8) is 0 Å². The molecule has 0 fully saturated rings. The molecular weight excluding hydrogens is 156 g/mol. The molecule has 0 radical (unpaired) electrons. The molecule has 0 unspecified atom stereocenters. The Hall–Kier alpha value is -1.50. The Morgan fingerprint density at radius 3 is 2.83 bits per heavy atom. The maximum absolute atomic E-state index is 10.9. The van der Waals surface area contributed by atoms with Gasteiger partial charge in [0, 0.05) is 6.20 Å². The fourth-order valence-electron chi connectivity index (χ4n) is 0.538. The summed E-state index contributed by atoms with van der Waals surface area (Å²) in [7, 11) is 0. The van der Waals surface area contributed by atoms with Crippen molar-refractivity contribution in [3.8, 4) is 6.07 Å². The molecule has 2 N–H and O–H groups in total. The number of rotatable bonds is 4. The zero-order chi connectivity index (χ0) is 9.40. The van der Waals surface area contributed by atoms with E-state index in [0.717, 1.165) is 19.0 Å². The van der Waals surface area contributed by atoms with Crippen molar-refractivity contribution in [2.45, 2.75) is 19.8 Å². The van der Waals surface area contributed by atoms with E-state index >= 15 is 0 Å². The topological polar surface area (TPSA) is 76.1 Å². The number of hydrogen-bond acceptors (Lipinski definition) is 4. The van der Waals surface area contributed by atoms with E-state index in [1.54, 1.807) is 6.07 Å². The first kappa shape index (κ1) is 10.5. The Kier molecular flexibility index (Phi) is 5.45. The number of esters is 1. The van der Waals surface area contributed by atoms with Gasteiger partial charge in [-0.2, -0.15) is 5.26 Å². The third-order valence-corrected chi connectivity index (χ3v) is 1.24. The number of carbonyl (C=O) groups excluding carboxylic acids is 1. The summed E-state index contributed by atoms with van der Waals surface area (Å²) in [5.74, 6) is -0.645. The standard InChI is InChI=1S/C8H12N2O2/c1-2-3-4-12-8(11)7(5-9)6-10/h5H,2-4,9H2,1H3/b7-5-. The first-order valence-electron chi connectivity index (χ1n) is 3.75. The maximum Gasteiger partial charge on any atom is 0.350 e. The maximum atomic E-state index is 10.9. The summed E-state index contributed by atoms with van der Waals surface area (Å²) in [6.45, 7) is 2.33. The van der Waals surface area contributed by atoms with Crippen LogP contribution in [0.3, 0.4) is 0 Å². The van der Waals surface area contributed by atoms with Crippen LogP contribution in [0.1, 0.15) is 19.8 Å². The van der Waals surface area contributed by atoms with Crippen LogP contribution in [0.2, 0.25) is 0 Å². The van der Waals surface area contributed by atoms with Crippen molar-refractivity contribution < 1.29 is 9.53 Å². The third-order valence-electron chi connectivity index (χ3n) is 1.24. The minimum absolute atomic E-state index is 0.147. The molecule has 66 valence electrons. The highest BCUT2D eigenvalue weighted by Gasteiger charge is 2.08. The molecule has 0 atom stereocenters. The predicted molar refractivity (Wildman–Crippen MR) is 43.8 cm³/mol. The van der Waals surface area contributed by atoms with Crippen molar-refractivity contribution in [1.82, 2.24) is 0 Å². The molecule has 0 amide bonds. The van der Waals surface area contributed by atoms with Crippen LogP contribution in [0, 0.1) is 11.3 Å². The largest absolute Gasteiger partial charge is 0.462 e. The molecule has 12 heavy (non-hydrogen) atoms. The average Bonchev–Trinajstić information content (AvgIpc) is 2.07. The minimum atomic E-state index is -0.645. The third kappa shape index (κ3) is 3.62. The van der Waals surface area contributed by atoms with Crippen LogP contribution >= 0.6 is 0 Å². The van der Waals surface area contributed by atoms with Crippen LogP contribution in [0.25, 0.3) is 0 Å². The number of hydrogen-bond donors (Lipinski definition) is 1. The molecule has 0 aromatic carbocycles. The molecule has 0 bridgehead atoms. The Morgan fingerprint density at radius 2 is 2.42 bits per heavy atom. The SMILES string of the molecule is CCCCOC(=O)/C(C#N)=C\N. The highest BCUT2D eigenvalue weighted by Crippen LogP contribution is 1.96. The Bertz CT molecular complexity index is 216. The Labute approximate surface area is 71.6 Å². The van der Waals surface area contributed by atoms with Crippen molar-refractivity contribution in [2.75, 3.05) is 6.61 Å². The Morgan fingerprint density at radius 1 is 1.75 bits per heavy atom. The van der Waals surface area contributed by atoms with Crippen LogP contribution in [-0.2, 0) is 9.53 Å². The van der Waals surface area contributed by atoms with Crippen LogP contribution in [0.15, 0.2) is 11.8 Å². The van der Waals surface area contributed by atoms with Crippen LogP contribution in [-0.4, -0.2) is 12.6 Å². The van der Waals surface area contributed by atoms with Gasteiger partial charge in [-0.25, -0.2) is 4.79 Å². The van der Waals surface area contributed by atoms with Crippen LogP contribution in [0.4, 0.5) is 0 Å². The lowest BCUT2D eigenvalue weighted by molar-refractivity contribution is -0.138. The fraction of sp³-hybridized carbons (Fsp3) is 0.500. The van der Waals surface area contributed by atoms with Crippen LogP contribution < -0.4 is 5.73 Å². The number of carbonyl (C=O) groups is 1. The molecule has 0 aromatic rings. The lowest BCUT2D eigenvalue weighted by Gasteiger charge is -2.00. The van der Waals surface area contributed by atoms with E-state index in [0.29, 0.717) is 6.61 Å². The van der Waals surface area contributed by atoms with E-state index < -0.39 is 5.97 Å². The average molecular weight is 168 g/mol. The lowest BCUT2D eigenvalue weighted by Crippen LogP contribution is -2.09. The van der Waals surface area contributed by atoms with Gasteiger partial charge in [0.05, 0.1) is 6.61 Å². The molecule has 0 aliphatic rings. The number of ether oxygens (including phenoxy) is 1. The molecule has 0 saturated carbocycles. The van der Waals surface area contributed by atoms with Gasteiger partial charge in [0.25, 0.3) is 0 Å². The van der Waals surface area contributed by atoms with Gasteiger partial charge >= 0.3 is 5.97 Å². The van der Waals surface area contributed by atoms with E-state index in [9.17, 15) is 4.79 Å². The van der Waals surface area contributed by atoms with Crippen molar-refractivity contribution in [2.24, 2.45) is 5.73 Å². The van der Waals surface area contributed by atoms with E-state index in [4.69, 9.17) is 15.7 Å². The van der Waals surface area contributed by atoms with Gasteiger partial charge in [0.15, 0.2) is 5.57 Å². The first-order valence-corrected chi connectivity index (χ1v) is 3.75. The van der Waals surface area contributed by atoms with Gasteiger partial charge in [-0.15, -0.1) is 0 Å². The molecule has 0 aliphatic carbocycles. The molecule has 0 rings (SSSR count).